The Morgan fingerprint density at radius 3 is 2.69 bits per heavy atom. The van der Waals surface area contributed by atoms with Crippen LogP contribution in [0.15, 0.2) is 24.3 Å². The molecule has 2 aromatic rings. The Balaban J connectivity index is 1.63. The standard InChI is InChI=1S/C22H23FN2O4/c1-13-16(11-20(27)24-17-9-10-29-22(17)28)21-18(3-2-4-19(21)26)25(13)12-14-5-7-15(23)8-6-14/h5-8,17H,2-4,9-12H2,1H3,(H,24,27)/t17-/m0/s1. The van der Waals surface area contributed by atoms with E-state index in [1.54, 1.807) is 12.1 Å². The summed E-state index contributed by atoms with van der Waals surface area (Å²) < 4.78 is 20.2. The molecular formula is C22H23FN2O4. The van der Waals surface area contributed by atoms with Gasteiger partial charge in [-0.05, 0) is 43.0 Å². The highest BCUT2D eigenvalue weighted by atomic mass is 19.1. The predicted molar refractivity (Wildman–Crippen MR) is 103 cm³/mol. The van der Waals surface area contributed by atoms with Crippen molar-refractivity contribution in [3.8, 4) is 0 Å². The summed E-state index contributed by atoms with van der Waals surface area (Å²) in [6.45, 7) is 2.73. The van der Waals surface area contributed by atoms with Crippen LogP contribution in [0.1, 0.15) is 52.1 Å². The van der Waals surface area contributed by atoms with Gasteiger partial charge in [0.15, 0.2) is 5.78 Å². The number of amides is 1. The molecule has 0 unspecified atom stereocenters. The molecule has 1 aliphatic heterocycles. The topological polar surface area (TPSA) is 77.4 Å². The minimum atomic E-state index is -0.615. The summed E-state index contributed by atoms with van der Waals surface area (Å²) in [4.78, 5) is 36.9. The number of ether oxygens (including phenoxy) is 1. The molecular weight excluding hydrogens is 375 g/mol. The number of hydrogen-bond acceptors (Lipinski definition) is 4. The molecule has 1 atom stereocenters. The quantitative estimate of drug-likeness (QED) is 0.785. The van der Waals surface area contributed by atoms with Crippen molar-refractivity contribution in [2.24, 2.45) is 0 Å². The number of nitrogens with zero attached hydrogens (tertiary/aromatic N) is 1. The number of fused-ring (bicyclic) bond motifs is 1. The van der Waals surface area contributed by atoms with Crippen molar-refractivity contribution < 1.29 is 23.5 Å². The second kappa shape index (κ2) is 7.81. The normalized spacial score (nSPS) is 18.5. The molecule has 0 radical (unpaired) electrons. The highest BCUT2D eigenvalue weighted by Crippen LogP contribution is 2.31. The number of benzene rings is 1. The second-order valence-electron chi connectivity index (χ2n) is 7.63. The molecule has 4 rings (SSSR count). The van der Waals surface area contributed by atoms with Crippen LogP contribution >= 0.6 is 0 Å². The average molecular weight is 398 g/mol. The van der Waals surface area contributed by atoms with Crippen molar-refractivity contribution in [1.29, 1.82) is 0 Å². The van der Waals surface area contributed by atoms with E-state index in [1.165, 1.54) is 12.1 Å². The lowest BCUT2D eigenvalue weighted by atomic mass is 9.92. The van der Waals surface area contributed by atoms with Crippen LogP contribution in [0.2, 0.25) is 0 Å². The molecule has 1 amide bonds. The maximum absolute atomic E-state index is 13.2. The molecule has 2 heterocycles. The fourth-order valence-corrected chi connectivity index (χ4v) is 4.22. The number of cyclic esters (lactones) is 1. The van der Waals surface area contributed by atoms with E-state index in [-0.39, 0.29) is 23.9 Å². The van der Waals surface area contributed by atoms with E-state index in [2.05, 4.69) is 9.88 Å². The van der Waals surface area contributed by atoms with Gasteiger partial charge in [-0.2, -0.15) is 0 Å². The van der Waals surface area contributed by atoms with Gasteiger partial charge in [-0.1, -0.05) is 12.1 Å². The summed E-state index contributed by atoms with van der Waals surface area (Å²) in [7, 11) is 0. The summed E-state index contributed by atoms with van der Waals surface area (Å²) in [5.74, 6) is -0.952. The number of esters is 1. The number of aromatic nitrogens is 1. The smallest absolute Gasteiger partial charge is 0.328 e. The van der Waals surface area contributed by atoms with Crippen molar-refractivity contribution in [2.45, 2.75) is 51.6 Å². The van der Waals surface area contributed by atoms with Crippen molar-refractivity contribution in [3.63, 3.8) is 0 Å². The maximum Gasteiger partial charge on any atom is 0.328 e. The van der Waals surface area contributed by atoms with Gasteiger partial charge in [0, 0.05) is 36.3 Å². The number of halogens is 1. The molecule has 1 aliphatic carbocycles. The fourth-order valence-electron chi connectivity index (χ4n) is 4.22. The molecule has 1 fully saturated rings. The number of hydrogen-bond donors (Lipinski definition) is 1. The lowest BCUT2D eigenvalue weighted by Gasteiger charge is -2.16. The van der Waals surface area contributed by atoms with E-state index < -0.39 is 12.0 Å². The first kappa shape index (κ1) is 19.4. The second-order valence-corrected chi connectivity index (χ2v) is 7.63. The largest absolute Gasteiger partial charge is 0.464 e. The molecule has 0 bridgehead atoms. The highest BCUT2D eigenvalue weighted by molar-refractivity contribution is 6.01. The number of ketones is 1. The van der Waals surface area contributed by atoms with E-state index in [1.807, 2.05) is 6.92 Å². The van der Waals surface area contributed by atoms with Crippen LogP contribution in [0, 0.1) is 12.7 Å². The number of carbonyl (C=O) groups is 3. The molecule has 1 saturated heterocycles. The van der Waals surface area contributed by atoms with Crippen LogP contribution in [0.3, 0.4) is 0 Å². The van der Waals surface area contributed by atoms with Gasteiger partial charge < -0.3 is 14.6 Å². The van der Waals surface area contributed by atoms with Crippen LogP contribution in [0.25, 0.3) is 0 Å². The molecule has 0 spiro atoms. The Hall–Kier alpha value is -2.96. The van der Waals surface area contributed by atoms with Crippen LogP contribution in [-0.2, 0) is 33.7 Å². The summed E-state index contributed by atoms with van der Waals surface area (Å²) in [5.41, 5.74) is 4.08. The minimum absolute atomic E-state index is 0.0418. The van der Waals surface area contributed by atoms with Crippen LogP contribution in [0.5, 0.6) is 0 Å². The van der Waals surface area contributed by atoms with E-state index in [0.717, 1.165) is 35.4 Å². The first-order chi connectivity index (χ1) is 13.9. The third-order valence-electron chi connectivity index (χ3n) is 5.72. The van der Waals surface area contributed by atoms with E-state index in [9.17, 15) is 18.8 Å². The Kier molecular flexibility index (Phi) is 5.22. The Morgan fingerprint density at radius 2 is 2.00 bits per heavy atom. The fraction of sp³-hybridized carbons (Fsp3) is 0.409. The monoisotopic (exact) mass is 398 g/mol. The lowest BCUT2D eigenvalue weighted by Crippen LogP contribution is -2.39. The van der Waals surface area contributed by atoms with Gasteiger partial charge in [-0.3, -0.25) is 9.59 Å². The molecule has 1 N–H and O–H groups in total. The summed E-state index contributed by atoms with van der Waals surface area (Å²) >= 11 is 0. The first-order valence-electron chi connectivity index (χ1n) is 9.88. The summed E-state index contributed by atoms with van der Waals surface area (Å²) in [6.07, 6.45) is 2.51. The number of carbonyl (C=O) groups excluding carboxylic acids is 3. The van der Waals surface area contributed by atoms with Gasteiger partial charge in [0.25, 0.3) is 0 Å². The third-order valence-corrected chi connectivity index (χ3v) is 5.72. The molecule has 0 saturated carbocycles. The number of nitrogens with one attached hydrogen (secondary N) is 1. The van der Waals surface area contributed by atoms with E-state index in [4.69, 9.17) is 4.74 Å². The van der Waals surface area contributed by atoms with Gasteiger partial charge in [-0.25, -0.2) is 9.18 Å². The molecule has 7 heteroatoms. The number of rotatable bonds is 5. The zero-order valence-corrected chi connectivity index (χ0v) is 16.3. The minimum Gasteiger partial charge on any atom is -0.464 e. The first-order valence-corrected chi connectivity index (χ1v) is 9.88. The van der Waals surface area contributed by atoms with Crippen LogP contribution < -0.4 is 5.32 Å². The third kappa shape index (κ3) is 3.81. The molecule has 1 aromatic heterocycles. The van der Waals surface area contributed by atoms with Crippen LogP contribution in [0.4, 0.5) is 4.39 Å². The van der Waals surface area contributed by atoms with Crippen LogP contribution in [-0.4, -0.2) is 34.9 Å². The highest BCUT2D eigenvalue weighted by Gasteiger charge is 2.31. The average Bonchev–Trinajstić information content (AvgIpc) is 3.20. The van der Waals surface area contributed by atoms with Gasteiger partial charge >= 0.3 is 5.97 Å². The predicted octanol–water partition coefficient (Wildman–Crippen LogP) is 2.48. The van der Waals surface area contributed by atoms with E-state index in [0.29, 0.717) is 31.6 Å². The maximum atomic E-state index is 13.2. The van der Waals surface area contributed by atoms with Gasteiger partial charge in [0.05, 0.1) is 13.0 Å². The Labute approximate surface area is 168 Å². The summed E-state index contributed by atoms with van der Waals surface area (Å²) in [6, 6.07) is 5.67. The molecule has 152 valence electrons. The van der Waals surface area contributed by atoms with Gasteiger partial charge in [0.2, 0.25) is 5.91 Å². The van der Waals surface area contributed by atoms with Crippen molar-refractivity contribution in [3.05, 3.63) is 58.2 Å². The molecule has 6 nitrogen and oxygen atoms in total. The van der Waals surface area contributed by atoms with Gasteiger partial charge in [-0.15, -0.1) is 0 Å². The van der Waals surface area contributed by atoms with Crippen molar-refractivity contribution >= 4 is 17.7 Å². The molecule has 1 aromatic carbocycles. The summed E-state index contributed by atoms with van der Waals surface area (Å²) in [5, 5.41) is 2.72. The zero-order chi connectivity index (χ0) is 20.5. The Bertz CT molecular complexity index is 978. The van der Waals surface area contributed by atoms with Crippen molar-refractivity contribution in [1.82, 2.24) is 9.88 Å². The molecule has 29 heavy (non-hydrogen) atoms. The molecule has 2 aliphatic rings. The van der Waals surface area contributed by atoms with Crippen molar-refractivity contribution in [2.75, 3.05) is 6.61 Å². The number of Topliss-reactive ketones (excluding diaryl/α,β-unsaturated/α-hetero) is 1. The van der Waals surface area contributed by atoms with Gasteiger partial charge in [0.1, 0.15) is 11.9 Å². The Morgan fingerprint density at radius 1 is 1.24 bits per heavy atom. The lowest BCUT2D eigenvalue weighted by molar-refractivity contribution is -0.141. The zero-order valence-electron chi connectivity index (χ0n) is 16.3. The van der Waals surface area contributed by atoms with E-state index >= 15 is 0 Å². The SMILES string of the molecule is Cc1c(CC(=O)N[C@H]2CCOC2=O)c2c(n1Cc1ccc(F)cc1)CCCC2=O.